The van der Waals surface area contributed by atoms with Crippen molar-refractivity contribution in [3.8, 4) is 45.0 Å². The summed E-state index contributed by atoms with van der Waals surface area (Å²) in [6, 6.07) is 61.0. The molecule has 4 heteroatoms. The van der Waals surface area contributed by atoms with Crippen LogP contribution >= 0.6 is 0 Å². The highest BCUT2D eigenvalue weighted by molar-refractivity contribution is 6.34. The Morgan fingerprint density at radius 3 is 1.81 bits per heavy atom. The predicted molar refractivity (Wildman–Crippen MR) is 216 cm³/mol. The Balaban J connectivity index is 1.38. The summed E-state index contributed by atoms with van der Waals surface area (Å²) < 4.78 is 4.82. The van der Waals surface area contributed by atoms with E-state index in [1.165, 1.54) is 60.1 Å². The van der Waals surface area contributed by atoms with Crippen LogP contribution in [0.25, 0.3) is 110 Å². The molecule has 11 aromatic rings. The van der Waals surface area contributed by atoms with Crippen LogP contribution in [0.5, 0.6) is 0 Å². The first-order chi connectivity index (χ1) is 25.8. The molecule has 0 spiro atoms. The Labute approximate surface area is 298 Å². The third-order valence-electron chi connectivity index (χ3n) is 11.0. The number of nitrogens with zero attached hydrogens (tertiary/aromatic N) is 4. The van der Waals surface area contributed by atoms with E-state index in [1.54, 1.807) is 0 Å². The fourth-order valence-corrected chi connectivity index (χ4v) is 8.95. The van der Waals surface area contributed by atoms with Gasteiger partial charge in [0.1, 0.15) is 5.69 Å². The Morgan fingerprint density at radius 2 is 1.00 bits per heavy atom. The molecule has 8 aromatic carbocycles. The fraction of sp³-hybridized carbons (Fsp3) is 0. The second-order valence-corrected chi connectivity index (χ2v) is 13.7. The van der Waals surface area contributed by atoms with Crippen molar-refractivity contribution in [2.75, 3.05) is 0 Å². The summed E-state index contributed by atoms with van der Waals surface area (Å²) in [5, 5.41) is 7.52. The molecule has 1 aliphatic rings. The number of para-hydroxylation sites is 4. The first-order valence-corrected chi connectivity index (χ1v) is 17.8. The fourth-order valence-electron chi connectivity index (χ4n) is 8.95. The highest BCUT2D eigenvalue weighted by Crippen LogP contribution is 2.53. The summed E-state index contributed by atoms with van der Waals surface area (Å²) in [6.45, 7) is 0. The van der Waals surface area contributed by atoms with Crippen molar-refractivity contribution in [1.82, 2.24) is 19.1 Å². The lowest BCUT2D eigenvalue weighted by atomic mass is 9.91. The van der Waals surface area contributed by atoms with E-state index < -0.39 is 0 Å². The molecule has 3 aromatic heterocycles. The first kappa shape index (κ1) is 27.7. The highest BCUT2D eigenvalue weighted by Gasteiger charge is 2.30. The van der Waals surface area contributed by atoms with Crippen molar-refractivity contribution >= 4 is 65.4 Å². The average Bonchev–Trinajstić information content (AvgIpc) is 3.68. The minimum absolute atomic E-state index is 0.821. The molecular weight excluding hydrogens is 633 g/mol. The molecule has 0 bridgehead atoms. The lowest BCUT2D eigenvalue weighted by Crippen LogP contribution is -2.04. The van der Waals surface area contributed by atoms with Gasteiger partial charge in [-0.1, -0.05) is 127 Å². The molecule has 240 valence electrons. The second-order valence-electron chi connectivity index (χ2n) is 13.7. The van der Waals surface area contributed by atoms with Crippen molar-refractivity contribution < 1.29 is 0 Å². The van der Waals surface area contributed by atoms with E-state index in [0.29, 0.717) is 0 Å². The van der Waals surface area contributed by atoms with E-state index >= 15 is 0 Å². The molecule has 0 fully saturated rings. The second kappa shape index (κ2) is 10.3. The number of benzene rings is 8. The van der Waals surface area contributed by atoms with Crippen LogP contribution in [-0.4, -0.2) is 19.1 Å². The van der Waals surface area contributed by atoms with Gasteiger partial charge in [0.25, 0.3) is 0 Å². The number of rotatable bonds is 3. The van der Waals surface area contributed by atoms with Gasteiger partial charge in [0.15, 0.2) is 5.82 Å². The van der Waals surface area contributed by atoms with Crippen LogP contribution in [0.3, 0.4) is 0 Å². The van der Waals surface area contributed by atoms with Crippen molar-refractivity contribution in [2.24, 2.45) is 0 Å². The molecular formula is C48H28N4. The Kier molecular flexibility index (Phi) is 5.47. The molecule has 4 nitrogen and oxygen atoms in total. The van der Waals surface area contributed by atoms with E-state index in [-0.39, 0.29) is 0 Å². The molecule has 0 unspecified atom stereocenters. The molecule has 0 amide bonds. The van der Waals surface area contributed by atoms with Crippen LogP contribution in [0, 0.1) is 0 Å². The molecule has 12 rings (SSSR count). The summed E-state index contributed by atoms with van der Waals surface area (Å²) in [5.41, 5.74) is 14.3. The van der Waals surface area contributed by atoms with Gasteiger partial charge in [-0.05, 0) is 69.9 Å². The smallest absolute Gasteiger partial charge is 0.165 e. The summed E-state index contributed by atoms with van der Waals surface area (Å²) in [6.07, 6.45) is 0. The van der Waals surface area contributed by atoms with Crippen LogP contribution in [0.1, 0.15) is 0 Å². The summed E-state index contributed by atoms with van der Waals surface area (Å²) in [4.78, 5) is 10.8. The summed E-state index contributed by atoms with van der Waals surface area (Å²) in [7, 11) is 0. The van der Waals surface area contributed by atoms with Gasteiger partial charge in [-0.25, -0.2) is 9.97 Å². The van der Waals surface area contributed by atoms with Crippen molar-refractivity contribution in [1.29, 1.82) is 0 Å². The average molecular weight is 661 g/mol. The minimum Gasteiger partial charge on any atom is -0.309 e. The lowest BCUT2D eigenvalue weighted by Gasteiger charge is -2.16. The molecule has 0 saturated carbocycles. The maximum absolute atomic E-state index is 5.48. The van der Waals surface area contributed by atoms with Gasteiger partial charge in [-0.3, -0.25) is 4.57 Å². The van der Waals surface area contributed by atoms with E-state index in [0.717, 1.165) is 50.3 Å². The molecule has 0 N–H and O–H groups in total. The van der Waals surface area contributed by atoms with Gasteiger partial charge in [0.2, 0.25) is 0 Å². The summed E-state index contributed by atoms with van der Waals surface area (Å²) >= 11 is 0. The zero-order valence-corrected chi connectivity index (χ0v) is 28.0. The SMILES string of the molecule is c1ccc(-c2nc3ccccc3nc2-n2c3cccc4c3c3c(c5c6ccccc6n(-c6ccccc6)c5cc32)-c2cccc3cccc-4c23)cc1. The monoisotopic (exact) mass is 660 g/mol. The van der Waals surface area contributed by atoms with Gasteiger partial charge in [-0.15, -0.1) is 0 Å². The van der Waals surface area contributed by atoms with Gasteiger partial charge in [-0.2, -0.15) is 0 Å². The molecule has 0 atom stereocenters. The normalized spacial score (nSPS) is 12.2. The van der Waals surface area contributed by atoms with E-state index in [4.69, 9.17) is 9.97 Å². The topological polar surface area (TPSA) is 35.6 Å². The molecule has 1 aliphatic carbocycles. The molecule has 0 saturated heterocycles. The van der Waals surface area contributed by atoms with Crippen molar-refractivity contribution in [2.45, 2.75) is 0 Å². The standard InChI is InChI=1S/C48H28N4/c1-3-14-30(15-4-1)47-48(50-37-25-9-8-24-36(37)49-47)52-39-27-13-22-33-32-21-11-16-29-17-12-23-35(42(29)32)45-44-34-20-7-10-26-38(34)51(31-18-5-2-6-19-31)40(44)28-41(52)46(45)43(33)39/h1-28H. The minimum atomic E-state index is 0.821. The van der Waals surface area contributed by atoms with Gasteiger partial charge in [0.05, 0.1) is 33.1 Å². The van der Waals surface area contributed by atoms with Crippen molar-refractivity contribution in [3.63, 3.8) is 0 Å². The van der Waals surface area contributed by atoms with Crippen LogP contribution in [0.4, 0.5) is 0 Å². The Bertz CT molecular complexity index is 3270. The maximum atomic E-state index is 5.48. The zero-order chi connectivity index (χ0) is 33.9. The maximum Gasteiger partial charge on any atom is 0.165 e. The molecule has 3 heterocycles. The third kappa shape index (κ3) is 3.60. The number of aromatic nitrogens is 4. The Morgan fingerprint density at radius 1 is 0.385 bits per heavy atom. The first-order valence-electron chi connectivity index (χ1n) is 17.8. The van der Waals surface area contributed by atoms with Gasteiger partial charge >= 0.3 is 0 Å². The van der Waals surface area contributed by atoms with E-state index in [9.17, 15) is 0 Å². The largest absolute Gasteiger partial charge is 0.309 e. The van der Waals surface area contributed by atoms with Gasteiger partial charge < -0.3 is 4.57 Å². The number of fused-ring (bicyclic) bond motifs is 7. The highest BCUT2D eigenvalue weighted by atomic mass is 15.1. The number of hydrogen-bond acceptors (Lipinski definition) is 2. The molecule has 0 aliphatic heterocycles. The van der Waals surface area contributed by atoms with E-state index in [1.807, 2.05) is 12.1 Å². The van der Waals surface area contributed by atoms with Crippen LogP contribution in [0.15, 0.2) is 170 Å². The number of hydrogen-bond donors (Lipinski definition) is 0. The third-order valence-corrected chi connectivity index (χ3v) is 11.0. The zero-order valence-electron chi connectivity index (χ0n) is 28.0. The quantitative estimate of drug-likeness (QED) is 0.189. The van der Waals surface area contributed by atoms with Crippen molar-refractivity contribution in [3.05, 3.63) is 170 Å². The predicted octanol–water partition coefficient (Wildman–Crippen LogP) is 12.3. The van der Waals surface area contributed by atoms with Gasteiger partial charge in [0, 0.05) is 38.4 Å². The van der Waals surface area contributed by atoms with Crippen LogP contribution in [-0.2, 0) is 0 Å². The molecule has 0 radical (unpaired) electrons. The lowest BCUT2D eigenvalue weighted by molar-refractivity contribution is 1.08. The van der Waals surface area contributed by atoms with E-state index in [2.05, 4.69) is 167 Å². The summed E-state index contributed by atoms with van der Waals surface area (Å²) in [5.74, 6) is 0.821. The van der Waals surface area contributed by atoms with Crippen LogP contribution < -0.4 is 0 Å². The Hall–Kier alpha value is -7.04. The molecule has 52 heavy (non-hydrogen) atoms. The van der Waals surface area contributed by atoms with Crippen LogP contribution in [0.2, 0.25) is 0 Å².